The Hall–Kier alpha value is -3.44. The van der Waals surface area contributed by atoms with Gasteiger partial charge in [-0.2, -0.15) is 10.4 Å². The number of aryl methyl sites for hydroxylation is 2. The predicted octanol–water partition coefficient (Wildman–Crippen LogP) is 6.49. The molecule has 0 radical (unpaired) electrons. The molecule has 36 heavy (non-hydrogen) atoms. The van der Waals surface area contributed by atoms with Crippen LogP contribution in [0.25, 0.3) is 16.8 Å². The quantitative estimate of drug-likeness (QED) is 0.314. The highest BCUT2D eigenvalue weighted by Gasteiger charge is 2.43. The molecule has 1 aliphatic carbocycles. The molecule has 2 aliphatic rings. The zero-order valence-electron chi connectivity index (χ0n) is 20.9. The Kier molecular flexibility index (Phi) is 5.49. The molecule has 1 spiro atoms. The molecule has 1 saturated carbocycles. The molecule has 1 aliphatic heterocycles. The van der Waals surface area contributed by atoms with E-state index in [1.54, 1.807) is 12.1 Å². The lowest BCUT2D eigenvalue weighted by Crippen LogP contribution is -2.33. The van der Waals surface area contributed by atoms with E-state index in [-0.39, 0.29) is 5.82 Å². The molecule has 4 aromatic rings. The van der Waals surface area contributed by atoms with E-state index in [9.17, 15) is 9.65 Å². The van der Waals surface area contributed by atoms with Gasteiger partial charge in [-0.05, 0) is 74.4 Å². The van der Waals surface area contributed by atoms with Crippen molar-refractivity contribution in [1.82, 2.24) is 14.6 Å². The van der Waals surface area contributed by atoms with E-state index in [0.717, 1.165) is 47.7 Å². The van der Waals surface area contributed by atoms with Gasteiger partial charge in [0.15, 0.2) is 5.13 Å². The van der Waals surface area contributed by atoms with Crippen LogP contribution in [0.5, 0.6) is 0 Å². The Morgan fingerprint density at radius 2 is 1.97 bits per heavy atom. The van der Waals surface area contributed by atoms with Crippen LogP contribution in [-0.2, 0) is 6.42 Å². The van der Waals surface area contributed by atoms with Crippen molar-refractivity contribution in [2.75, 3.05) is 29.9 Å². The molecule has 8 heteroatoms. The molecule has 6 nitrogen and oxygen atoms in total. The number of aromatic nitrogens is 3. The number of hydrogen-bond acceptors (Lipinski definition) is 6. The Morgan fingerprint density at radius 1 is 1.19 bits per heavy atom. The molecule has 6 rings (SSSR count). The van der Waals surface area contributed by atoms with Gasteiger partial charge in [0.25, 0.3) is 0 Å². The zero-order chi connectivity index (χ0) is 25.0. The number of nitriles is 1. The summed E-state index contributed by atoms with van der Waals surface area (Å²) in [6.07, 6.45) is 6.14. The summed E-state index contributed by atoms with van der Waals surface area (Å²) in [4.78, 5) is 9.94. The standard InChI is InChI=1S/C28H29FN6S/c1-4-22-26(33(3)27-31-25(24(16-30)36-27)19-6-8-20(29)9-7-19)23-15-21(14-18(2)35(23)32-22)34-13-12-28(17-34)10-5-11-28/h6-9,14-15H,4-5,10-13,17H2,1-3H3. The van der Waals surface area contributed by atoms with Gasteiger partial charge in [-0.25, -0.2) is 13.9 Å². The second kappa shape index (κ2) is 8.59. The number of thiazole rings is 1. The SMILES string of the molecule is CCc1nn2c(C)cc(N3CCC4(CCC4)C3)cc2c1N(C)c1nc(-c2ccc(F)cc2)c(C#N)s1. The third-order valence-corrected chi connectivity index (χ3v) is 8.99. The lowest BCUT2D eigenvalue weighted by atomic mass is 9.68. The van der Waals surface area contributed by atoms with Crippen LogP contribution >= 0.6 is 11.3 Å². The topological polar surface area (TPSA) is 60.5 Å². The number of fused-ring (bicyclic) bond motifs is 1. The molecule has 3 aromatic heterocycles. The summed E-state index contributed by atoms with van der Waals surface area (Å²) in [5, 5.41) is 15.5. The number of benzene rings is 1. The van der Waals surface area contributed by atoms with Gasteiger partial charge in [-0.3, -0.25) is 0 Å². The van der Waals surface area contributed by atoms with Gasteiger partial charge in [0.1, 0.15) is 22.5 Å². The summed E-state index contributed by atoms with van der Waals surface area (Å²) >= 11 is 1.35. The molecule has 0 amide bonds. The highest BCUT2D eigenvalue weighted by atomic mass is 32.1. The number of halogens is 1. The van der Waals surface area contributed by atoms with Crippen LogP contribution in [0.15, 0.2) is 36.4 Å². The van der Waals surface area contributed by atoms with Crippen molar-refractivity contribution in [1.29, 1.82) is 5.26 Å². The van der Waals surface area contributed by atoms with Crippen LogP contribution in [0, 0.1) is 29.5 Å². The fraction of sp³-hybridized carbons (Fsp3) is 0.393. The molecule has 0 bridgehead atoms. The van der Waals surface area contributed by atoms with Crippen LogP contribution in [0.1, 0.15) is 48.9 Å². The van der Waals surface area contributed by atoms with Crippen LogP contribution in [0.4, 0.5) is 20.9 Å². The Morgan fingerprint density at radius 3 is 2.61 bits per heavy atom. The average molecular weight is 501 g/mol. The summed E-state index contributed by atoms with van der Waals surface area (Å²) < 4.78 is 15.5. The maximum Gasteiger partial charge on any atom is 0.191 e. The molecule has 0 atom stereocenters. The highest BCUT2D eigenvalue weighted by molar-refractivity contribution is 7.16. The third-order valence-electron chi connectivity index (χ3n) is 7.95. The largest absolute Gasteiger partial charge is 0.371 e. The van der Waals surface area contributed by atoms with Crippen molar-refractivity contribution in [3.8, 4) is 17.3 Å². The first-order valence-electron chi connectivity index (χ1n) is 12.6. The summed E-state index contributed by atoms with van der Waals surface area (Å²) in [5.41, 5.74) is 7.27. The second-order valence-electron chi connectivity index (χ2n) is 10.2. The van der Waals surface area contributed by atoms with Crippen LogP contribution < -0.4 is 9.80 Å². The Bertz CT molecular complexity index is 1490. The first-order valence-corrected chi connectivity index (χ1v) is 13.4. The normalized spacial score (nSPS) is 16.5. The minimum absolute atomic E-state index is 0.309. The maximum atomic E-state index is 13.5. The third kappa shape index (κ3) is 3.65. The predicted molar refractivity (Wildman–Crippen MR) is 143 cm³/mol. The molecule has 1 saturated heterocycles. The lowest BCUT2D eigenvalue weighted by molar-refractivity contribution is 0.165. The van der Waals surface area contributed by atoms with Gasteiger partial charge in [-0.15, -0.1) is 0 Å². The van der Waals surface area contributed by atoms with Gasteiger partial charge < -0.3 is 9.80 Å². The number of pyridine rings is 1. The van der Waals surface area contributed by atoms with Crippen molar-refractivity contribution in [2.24, 2.45) is 5.41 Å². The van der Waals surface area contributed by atoms with E-state index < -0.39 is 0 Å². The van der Waals surface area contributed by atoms with Crippen molar-refractivity contribution >= 4 is 33.4 Å². The fourth-order valence-electron chi connectivity index (χ4n) is 5.78. The smallest absolute Gasteiger partial charge is 0.191 e. The van der Waals surface area contributed by atoms with E-state index in [1.165, 1.54) is 54.8 Å². The molecular weight excluding hydrogens is 471 g/mol. The molecule has 1 aromatic carbocycles. The van der Waals surface area contributed by atoms with E-state index in [0.29, 0.717) is 21.1 Å². The highest BCUT2D eigenvalue weighted by Crippen LogP contribution is 2.49. The van der Waals surface area contributed by atoms with Crippen molar-refractivity contribution < 1.29 is 4.39 Å². The minimum atomic E-state index is -0.309. The van der Waals surface area contributed by atoms with Gasteiger partial charge in [0, 0.05) is 37.1 Å². The molecule has 0 unspecified atom stereocenters. The van der Waals surface area contributed by atoms with E-state index in [1.807, 2.05) is 11.6 Å². The van der Waals surface area contributed by atoms with Crippen LogP contribution in [0.2, 0.25) is 0 Å². The molecule has 4 heterocycles. The van der Waals surface area contributed by atoms with Gasteiger partial charge in [0.05, 0.1) is 16.9 Å². The molecule has 2 fully saturated rings. The summed E-state index contributed by atoms with van der Waals surface area (Å²) in [7, 11) is 1.99. The average Bonchev–Trinajstić information content (AvgIpc) is 3.58. The van der Waals surface area contributed by atoms with E-state index >= 15 is 0 Å². The molecular formula is C28H29FN6S. The van der Waals surface area contributed by atoms with Crippen molar-refractivity contribution in [2.45, 2.75) is 46.0 Å². The van der Waals surface area contributed by atoms with Crippen LogP contribution in [0.3, 0.4) is 0 Å². The number of anilines is 3. The lowest BCUT2D eigenvalue weighted by Gasteiger charge is -2.38. The van der Waals surface area contributed by atoms with Gasteiger partial charge in [-0.1, -0.05) is 24.7 Å². The van der Waals surface area contributed by atoms with Gasteiger partial charge >= 0.3 is 0 Å². The second-order valence-corrected chi connectivity index (χ2v) is 11.2. The molecule has 184 valence electrons. The summed E-state index contributed by atoms with van der Waals surface area (Å²) in [6, 6.07) is 12.9. The minimum Gasteiger partial charge on any atom is -0.371 e. The summed E-state index contributed by atoms with van der Waals surface area (Å²) in [5.74, 6) is -0.309. The Labute approximate surface area is 214 Å². The van der Waals surface area contributed by atoms with Crippen molar-refractivity contribution in [3.05, 3.63) is 58.5 Å². The van der Waals surface area contributed by atoms with Crippen LogP contribution in [-0.4, -0.2) is 34.7 Å². The maximum absolute atomic E-state index is 13.5. The number of hydrogen-bond donors (Lipinski definition) is 0. The summed E-state index contributed by atoms with van der Waals surface area (Å²) in [6.45, 7) is 6.48. The first-order chi connectivity index (χ1) is 17.4. The zero-order valence-corrected chi connectivity index (χ0v) is 21.7. The first kappa shape index (κ1) is 23.0. The van der Waals surface area contributed by atoms with Crippen molar-refractivity contribution in [3.63, 3.8) is 0 Å². The van der Waals surface area contributed by atoms with E-state index in [4.69, 9.17) is 10.1 Å². The monoisotopic (exact) mass is 500 g/mol. The number of nitrogens with zero attached hydrogens (tertiary/aromatic N) is 6. The molecule has 0 N–H and O–H groups in total. The van der Waals surface area contributed by atoms with E-state index in [2.05, 4.69) is 41.8 Å². The Balaban J connectivity index is 1.42. The van der Waals surface area contributed by atoms with Gasteiger partial charge in [0.2, 0.25) is 0 Å². The number of rotatable bonds is 5. The fourth-order valence-corrected chi connectivity index (χ4v) is 6.63.